The van der Waals surface area contributed by atoms with Crippen LogP contribution in [0.2, 0.25) is 0 Å². The van der Waals surface area contributed by atoms with Crippen molar-refractivity contribution in [3.05, 3.63) is 17.0 Å². The minimum atomic E-state index is 0.582. The van der Waals surface area contributed by atoms with Gasteiger partial charge in [0.05, 0.1) is 7.11 Å². The molecule has 1 aromatic rings. The van der Waals surface area contributed by atoms with Crippen LogP contribution in [-0.4, -0.2) is 13.2 Å². The summed E-state index contributed by atoms with van der Waals surface area (Å²) in [7, 11) is 1.71. The number of thiophene rings is 1. The molecule has 1 atom stereocenters. The molecule has 15 heavy (non-hydrogen) atoms. The highest BCUT2D eigenvalue weighted by atomic mass is 32.1. The molecule has 0 radical (unpaired) electrons. The monoisotopic (exact) mass is 227 g/mol. The van der Waals surface area contributed by atoms with E-state index in [1.165, 1.54) is 11.3 Å². The Hall–Kier alpha value is -0.540. The van der Waals surface area contributed by atoms with Crippen molar-refractivity contribution in [3.63, 3.8) is 0 Å². The minimum Gasteiger partial charge on any atom is -0.487 e. The summed E-state index contributed by atoms with van der Waals surface area (Å²) in [4.78, 5) is 1.34. The van der Waals surface area contributed by atoms with Crippen molar-refractivity contribution >= 4 is 11.3 Å². The Kier molecular flexibility index (Phi) is 5.12. The van der Waals surface area contributed by atoms with Crippen LogP contribution in [0, 0.1) is 5.92 Å². The highest BCUT2D eigenvalue weighted by Gasteiger charge is 2.05. The van der Waals surface area contributed by atoms with E-state index in [1.54, 1.807) is 18.4 Å². The summed E-state index contributed by atoms with van der Waals surface area (Å²) in [5.41, 5.74) is 0. The number of nitrogens with one attached hydrogen (secondary N) is 1. The van der Waals surface area contributed by atoms with Gasteiger partial charge in [0.2, 0.25) is 0 Å². The molecule has 1 N–H and O–H groups in total. The second-order valence-corrected chi connectivity index (χ2v) is 5.47. The van der Waals surface area contributed by atoms with E-state index in [9.17, 15) is 0 Å². The van der Waals surface area contributed by atoms with Gasteiger partial charge in [-0.3, -0.25) is 0 Å². The molecule has 0 spiro atoms. The molecule has 1 rings (SSSR count). The summed E-state index contributed by atoms with van der Waals surface area (Å²) < 4.78 is 5.16. The number of rotatable bonds is 6. The SMILES string of the molecule is COc1ccc(CNC(C)CC(C)C)s1. The second-order valence-electron chi connectivity index (χ2n) is 4.34. The molecule has 86 valence electrons. The fraction of sp³-hybridized carbons (Fsp3) is 0.667. The topological polar surface area (TPSA) is 21.3 Å². The summed E-state index contributed by atoms with van der Waals surface area (Å²) in [5, 5.41) is 4.51. The van der Waals surface area contributed by atoms with Gasteiger partial charge in [-0.1, -0.05) is 13.8 Å². The van der Waals surface area contributed by atoms with Crippen molar-refractivity contribution in [1.82, 2.24) is 5.32 Å². The number of hydrogen-bond donors (Lipinski definition) is 1. The van der Waals surface area contributed by atoms with Crippen LogP contribution in [-0.2, 0) is 6.54 Å². The van der Waals surface area contributed by atoms with Gasteiger partial charge in [0.15, 0.2) is 5.06 Å². The Morgan fingerprint density at radius 2 is 2.07 bits per heavy atom. The normalized spacial score (nSPS) is 13.1. The van der Waals surface area contributed by atoms with E-state index in [0.717, 1.165) is 17.5 Å². The van der Waals surface area contributed by atoms with Crippen molar-refractivity contribution < 1.29 is 4.74 Å². The number of ether oxygens (including phenoxy) is 1. The molecule has 0 aliphatic heterocycles. The first-order chi connectivity index (χ1) is 7.11. The maximum absolute atomic E-state index is 5.16. The average Bonchev–Trinajstić information content (AvgIpc) is 2.61. The molecule has 3 heteroatoms. The molecule has 0 aliphatic rings. The van der Waals surface area contributed by atoms with Crippen molar-refractivity contribution in [1.29, 1.82) is 0 Å². The Morgan fingerprint density at radius 1 is 1.33 bits per heavy atom. The molecule has 2 nitrogen and oxygen atoms in total. The van der Waals surface area contributed by atoms with Crippen LogP contribution in [0.4, 0.5) is 0 Å². The lowest BCUT2D eigenvalue weighted by Gasteiger charge is -2.14. The van der Waals surface area contributed by atoms with E-state index in [4.69, 9.17) is 4.74 Å². The lowest BCUT2D eigenvalue weighted by molar-refractivity contribution is 0.427. The maximum atomic E-state index is 5.16. The molecule has 0 saturated heterocycles. The fourth-order valence-corrected chi connectivity index (χ4v) is 2.40. The zero-order chi connectivity index (χ0) is 11.3. The quantitative estimate of drug-likeness (QED) is 0.805. The lowest BCUT2D eigenvalue weighted by atomic mass is 10.1. The molecular formula is C12H21NOS. The molecule has 1 aromatic heterocycles. The van der Waals surface area contributed by atoms with Crippen LogP contribution in [0.25, 0.3) is 0 Å². The Labute approximate surface area is 96.7 Å². The molecule has 1 unspecified atom stereocenters. The molecule has 0 aromatic carbocycles. The van der Waals surface area contributed by atoms with Gasteiger partial charge in [-0.25, -0.2) is 0 Å². The average molecular weight is 227 g/mol. The van der Waals surface area contributed by atoms with Crippen LogP contribution < -0.4 is 10.1 Å². The van der Waals surface area contributed by atoms with E-state index in [-0.39, 0.29) is 0 Å². The Balaban J connectivity index is 2.30. The third kappa shape index (κ3) is 4.67. The maximum Gasteiger partial charge on any atom is 0.173 e. The van der Waals surface area contributed by atoms with Gasteiger partial charge in [-0.2, -0.15) is 0 Å². The largest absolute Gasteiger partial charge is 0.487 e. The molecule has 0 fully saturated rings. The van der Waals surface area contributed by atoms with E-state index in [1.807, 2.05) is 6.07 Å². The first-order valence-corrected chi connectivity index (χ1v) is 6.29. The zero-order valence-corrected chi connectivity index (χ0v) is 10.9. The first kappa shape index (κ1) is 12.5. The van der Waals surface area contributed by atoms with Crippen molar-refractivity contribution in [2.75, 3.05) is 7.11 Å². The van der Waals surface area contributed by atoms with Crippen molar-refractivity contribution in [2.45, 2.75) is 39.8 Å². The molecule has 1 heterocycles. The van der Waals surface area contributed by atoms with Crippen LogP contribution in [0.15, 0.2) is 12.1 Å². The van der Waals surface area contributed by atoms with E-state index >= 15 is 0 Å². The van der Waals surface area contributed by atoms with Crippen LogP contribution in [0.1, 0.15) is 32.1 Å². The van der Waals surface area contributed by atoms with Crippen molar-refractivity contribution in [3.8, 4) is 5.06 Å². The van der Waals surface area contributed by atoms with Crippen LogP contribution in [0.5, 0.6) is 5.06 Å². The summed E-state index contributed by atoms with van der Waals surface area (Å²) >= 11 is 1.71. The second kappa shape index (κ2) is 6.13. The van der Waals surface area contributed by atoms with Gasteiger partial charge >= 0.3 is 0 Å². The number of hydrogen-bond acceptors (Lipinski definition) is 3. The van der Waals surface area contributed by atoms with Gasteiger partial charge in [0.25, 0.3) is 0 Å². The standard InChI is InChI=1S/C12H21NOS/c1-9(2)7-10(3)13-8-11-5-6-12(14-4)15-11/h5-6,9-10,13H,7-8H2,1-4H3. The minimum absolute atomic E-state index is 0.582. The van der Waals surface area contributed by atoms with Crippen LogP contribution >= 0.6 is 11.3 Å². The van der Waals surface area contributed by atoms with Crippen LogP contribution in [0.3, 0.4) is 0 Å². The summed E-state index contributed by atoms with van der Waals surface area (Å²) in [5.74, 6) is 0.755. The Morgan fingerprint density at radius 3 is 2.60 bits per heavy atom. The molecular weight excluding hydrogens is 206 g/mol. The van der Waals surface area contributed by atoms with E-state index in [0.29, 0.717) is 6.04 Å². The predicted octanol–water partition coefficient (Wildman–Crippen LogP) is 3.28. The predicted molar refractivity (Wildman–Crippen MR) is 66.6 cm³/mol. The van der Waals surface area contributed by atoms with Gasteiger partial charge in [0, 0.05) is 17.5 Å². The Bertz CT molecular complexity index is 283. The summed E-state index contributed by atoms with van der Waals surface area (Å²) in [6.07, 6.45) is 1.22. The van der Waals surface area contributed by atoms with Gasteiger partial charge in [-0.05, 0) is 31.4 Å². The van der Waals surface area contributed by atoms with E-state index < -0.39 is 0 Å². The molecule has 0 bridgehead atoms. The highest BCUT2D eigenvalue weighted by Crippen LogP contribution is 2.23. The third-order valence-corrected chi connectivity index (χ3v) is 3.33. The molecule has 0 saturated carbocycles. The smallest absolute Gasteiger partial charge is 0.173 e. The van der Waals surface area contributed by atoms with Gasteiger partial charge < -0.3 is 10.1 Å². The van der Waals surface area contributed by atoms with E-state index in [2.05, 4.69) is 32.2 Å². The van der Waals surface area contributed by atoms with Crippen molar-refractivity contribution in [2.24, 2.45) is 5.92 Å². The van der Waals surface area contributed by atoms with Gasteiger partial charge in [-0.15, -0.1) is 11.3 Å². The fourth-order valence-electron chi connectivity index (χ4n) is 1.63. The lowest BCUT2D eigenvalue weighted by Crippen LogP contribution is -2.26. The highest BCUT2D eigenvalue weighted by molar-refractivity contribution is 7.13. The molecule has 0 amide bonds. The zero-order valence-electron chi connectivity index (χ0n) is 10.0. The summed E-state index contributed by atoms with van der Waals surface area (Å²) in [6.45, 7) is 7.70. The number of methoxy groups -OCH3 is 1. The summed E-state index contributed by atoms with van der Waals surface area (Å²) in [6, 6.07) is 4.73. The van der Waals surface area contributed by atoms with Gasteiger partial charge in [0.1, 0.15) is 0 Å². The first-order valence-electron chi connectivity index (χ1n) is 5.48. The molecule has 0 aliphatic carbocycles. The third-order valence-electron chi connectivity index (χ3n) is 2.29.